The van der Waals surface area contributed by atoms with Crippen molar-refractivity contribution in [2.24, 2.45) is 11.8 Å². The fraction of sp³-hybridized carbons (Fsp3) is 0.529. The summed E-state index contributed by atoms with van der Waals surface area (Å²) in [6.07, 6.45) is 4.52. The molecule has 2 N–H and O–H groups in total. The Morgan fingerprint density at radius 3 is 2.32 bits per heavy atom. The highest BCUT2D eigenvalue weighted by Gasteiger charge is 2.46. The van der Waals surface area contributed by atoms with Crippen LogP contribution in [-0.2, 0) is 15.1 Å². The quantitative estimate of drug-likeness (QED) is 0.858. The highest BCUT2D eigenvalue weighted by atomic mass is 79.9. The van der Waals surface area contributed by atoms with Crippen molar-refractivity contribution in [3.8, 4) is 0 Å². The Bertz CT molecular complexity index is 589. The SMILES string of the molecule is O=C(O)C1CCC(C(=O)NC2(c3cccc(Br)c3)CC2)CC1. The van der Waals surface area contributed by atoms with Crippen molar-refractivity contribution in [3.63, 3.8) is 0 Å². The maximum absolute atomic E-state index is 12.5. The molecule has 0 saturated heterocycles. The minimum atomic E-state index is -0.730. The fourth-order valence-electron chi connectivity index (χ4n) is 3.34. The molecule has 0 aliphatic heterocycles. The topological polar surface area (TPSA) is 66.4 Å². The lowest BCUT2D eigenvalue weighted by atomic mass is 9.81. The predicted molar refractivity (Wildman–Crippen MR) is 86.3 cm³/mol. The van der Waals surface area contributed by atoms with Crippen LogP contribution < -0.4 is 5.32 Å². The minimum absolute atomic E-state index is 0.0415. The molecule has 2 aliphatic rings. The monoisotopic (exact) mass is 365 g/mol. The molecular formula is C17H20BrNO3. The number of carbonyl (C=O) groups excluding carboxylic acids is 1. The van der Waals surface area contributed by atoms with Gasteiger partial charge in [0.1, 0.15) is 0 Å². The average Bonchev–Trinajstić information content (AvgIpc) is 3.28. The zero-order valence-corrected chi connectivity index (χ0v) is 13.9. The van der Waals surface area contributed by atoms with Crippen molar-refractivity contribution >= 4 is 27.8 Å². The summed E-state index contributed by atoms with van der Waals surface area (Å²) in [7, 11) is 0. The number of hydrogen-bond acceptors (Lipinski definition) is 2. The first-order chi connectivity index (χ1) is 10.5. The van der Waals surface area contributed by atoms with E-state index in [2.05, 4.69) is 33.4 Å². The molecule has 1 aromatic carbocycles. The minimum Gasteiger partial charge on any atom is -0.481 e. The van der Waals surface area contributed by atoms with E-state index in [0.29, 0.717) is 25.7 Å². The first-order valence-corrected chi connectivity index (χ1v) is 8.60. The number of hydrogen-bond donors (Lipinski definition) is 2. The van der Waals surface area contributed by atoms with E-state index in [4.69, 9.17) is 5.11 Å². The normalized spacial score (nSPS) is 26.2. The number of aliphatic carboxylic acids is 1. The van der Waals surface area contributed by atoms with Crippen LogP contribution in [0.4, 0.5) is 0 Å². The third-order valence-electron chi connectivity index (χ3n) is 4.94. The van der Waals surface area contributed by atoms with Crippen molar-refractivity contribution < 1.29 is 14.7 Å². The van der Waals surface area contributed by atoms with Crippen molar-refractivity contribution in [2.75, 3.05) is 0 Å². The van der Waals surface area contributed by atoms with Gasteiger partial charge >= 0.3 is 5.97 Å². The molecule has 0 radical (unpaired) electrons. The molecule has 2 aliphatic carbocycles. The molecule has 1 aromatic rings. The van der Waals surface area contributed by atoms with Gasteiger partial charge in [0.05, 0.1) is 11.5 Å². The van der Waals surface area contributed by atoms with Crippen LogP contribution in [0.3, 0.4) is 0 Å². The van der Waals surface area contributed by atoms with Crippen molar-refractivity contribution in [1.82, 2.24) is 5.32 Å². The van der Waals surface area contributed by atoms with Gasteiger partial charge in [-0.05, 0) is 56.2 Å². The fourth-order valence-corrected chi connectivity index (χ4v) is 3.74. The second kappa shape index (κ2) is 6.03. The summed E-state index contributed by atoms with van der Waals surface area (Å²) in [6, 6.07) is 8.09. The molecule has 0 atom stereocenters. The third kappa shape index (κ3) is 3.19. The Morgan fingerprint density at radius 2 is 1.77 bits per heavy atom. The molecule has 2 fully saturated rings. The number of nitrogens with one attached hydrogen (secondary N) is 1. The summed E-state index contributed by atoms with van der Waals surface area (Å²) in [5, 5.41) is 12.2. The maximum Gasteiger partial charge on any atom is 0.306 e. The van der Waals surface area contributed by atoms with Gasteiger partial charge in [0.25, 0.3) is 0 Å². The summed E-state index contributed by atoms with van der Waals surface area (Å²) in [6.45, 7) is 0. The van der Waals surface area contributed by atoms with E-state index in [1.807, 2.05) is 12.1 Å². The lowest BCUT2D eigenvalue weighted by Gasteiger charge is -2.27. The van der Waals surface area contributed by atoms with Gasteiger partial charge in [-0.2, -0.15) is 0 Å². The van der Waals surface area contributed by atoms with Crippen LogP contribution in [0.25, 0.3) is 0 Å². The van der Waals surface area contributed by atoms with Crippen LogP contribution in [0, 0.1) is 11.8 Å². The van der Waals surface area contributed by atoms with Crippen molar-refractivity contribution in [1.29, 1.82) is 0 Å². The van der Waals surface area contributed by atoms with Crippen LogP contribution in [-0.4, -0.2) is 17.0 Å². The molecule has 0 aromatic heterocycles. The number of carbonyl (C=O) groups is 2. The Balaban J connectivity index is 1.62. The molecule has 0 spiro atoms. The number of benzene rings is 1. The number of amides is 1. The summed E-state index contributed by atoms with van der Waals surface area (Å²) in [5.41, 5.74) is 0.944. The van der Waals surface area contributed by atoms with Gasteiger partial charge < -0.3 is 10.4 Å². The van der Waals surface area contributed by atoms with Gasteiger partial charge in [-0.3, -0.25) is 9.59 Å². The van der Waals surface area contributed by atoms with Crippen molar-refractivity contribution in [3.05, 3.63) is 34.3 Å². The van der Waals surface area contributed by atoms with Gasteiger partial charge in [0, 0.05) is 10.4 Å². The van der Waals surface area contributed by atoms with Crippen LogP contribution >= 0.6 is 15.9 Å². The zero-order valence-electron chi connectivity index (χ0n) is 12.3. The van der Waals surface area contributed by atoms with Gasteiger partial charge in [-0.25, -0.2) is 0 Å². The molecule has 4 nitrogen and oxygen atoms in total. The lowest BCUT2D eigenvalue weighted by molar-refractivity contribution is -0.144. The highest BCUT2D eigenvalue weighted by molar-refractivity contribution is 9.10. The zero-order chi connectivity index (χ0) is 15.7. The molecule has 0 bridgehead atoms. The van der Waals surface area contributed by atoms with Gasteiger partial charge in [0.15, 0.2) is 0 Å². The summed E-state index contributed by atoms with van der Waals surface area (Å²) >= 11 is 3.48. The smallest absolute Gasteiger partial charge is 0.306 e. The molecular weight excluding hydrogens is 346 g/mol. The number of halogens is 1. The summed E-state index contributed by atoms with van der Waals surface area (Å²) < 4.78 is 1.02. The van der Waals surface area contributed by atoms with Crippen LogP contribution in [0.5, 0.6) is 0 Å². The number of carboxylic acid groups (broad SMARTS) is 1. The molecule has 2 saturated carbocycles. The number of carboxylic acids is 1. The Kier molecular flexibility index (Phi) is 4.26. The first kappa shape index (κ1) is 15.5. The molecule has 3 rings (SSSR count). The Labute approximate surface area is 138 Å². The van der Waals surface area contributed by atoms with E-state index >= 15 is 0 Å². The summed E-state index contributed by atoms with van der Waals surface area (Å²) in [5.74, 6) is -0.961. The predicted octanol–water partition coefficient (Wildman–Crippen LogP) is 3.45. The third-order valence-corrected chi connectivity index (χ3v) is 5.43. The Morgan fingerprint density at radius 1 is 1.14 bits per heavy atom. The van der Waals surface area contributed by atoms with Gasteiger partial charge in [0.2, 0.25) is 5.91 Å². The van der Waals surface area contributed by atoms with Crippen LogP contribution in [0.2, 0.25) is 0 Å². The molecule has 1 amide bonds. The average molecular weight is 366 g/mol. The molecule has 0 heterocycles. The molecule has 0 unspecified atom stereocenters. The van der Waals surface area contributed by atoms with E-state index < -0.39 is 5.97 Å². The second-order valence-electron chi connectivity index (χ2n) is 6.47. The maximum atomic E-state index is 12.5. The second-order valence-corrected chi connectivity index (χ2v) is 7.38. The first-order valence-electron chi connectivity index (χ1n) is 7.81. The molecule has 5 heteroatoms. The van der Waals surface area contributed by atoms with Gasteiger partial charge in [-0.15, -0.1) is 0 Å². The van der Waals surface area contributed by atoms with Crippen LogP contribution in [0.1, 0.15) is 44.1 Å². The van der Waals surface area contributed by atoms with Gasteiger partial charge in [-0.1, -0.05) is 28.1 Å². The van der Waals surface area contributed by atoms with E-state index in [-0.39, 0.29) is 23.3 Å². The highest BCUT2D eigenvalue weighted by Crippen LogP contribution is 2.46. The number of rotatable bonds is 4. The van der Waals surface area contributed by atoms with Crippen LogP contribution in [0.15, 0.2) is 28.7 Å². The summed E-state index contributed by atoms with van der Waals surface area (Å²) in [4.78, 5) is 23.5. The van der Waals surface area contributed by atoms with Crippen molar-refractivity contribution in [2.45, 2.75) is 44.1 Å². The van der Waals surface area contributed by atoms with E-state index in [0.717, 1.165) is 22.9 Å². The molecule has 22 heavy (non-hydrogen) atoms. The Hall–Kier alpha value is -1.36. The van der Waals surface area contributed by atoms with E-state index in [1.54, 1.807) is 0 Å². The standard InChI is InChI=1S/C17H20BrNO3/c18-14-3-1-2-13(10-14)17(8-9-17)19-15(20)11-4-6-12(7-5-11)16(21)22/h1-3,10-12H,4-9H2,(H,19,20)(H,21,22). The van der Waals surface area contributed by atoms with E-state index in [9.17, 15) is 9.59 Å². The largest absolute Gasteiger partial charge is 0.481 e. The molecule has 118 valence electrons. The van der Waals surface area contributed by atoms with E-state index in [1.165, 1.54) is 0 Å². The lowest BCUT2D eigenvalue weighted by Crippen LogP contribution is -2.40.